The van der Waals surface area contributed by atoms with Gasteiger partial charge in [-0.15, -0.1) is 11.3 Å². The van der Waals surface area contributed by atoms with Crippen LogP contribution < -0.4 is 5.32 Å². The summed E-state index contributed by atoms with van der Waals surface area (Å²) in [7, 11) is 0. The zero-order valence-electron chi connectivity index (χ0n) is 18.3. The number of rotatable bonds is 5. The number of alkyl halides is 3. The monoisotopic (exact) mass is 486 g/mol. The molecule has 176 valence electrons. The molecule has 1 aliphatic carbocycles. The lowest BCUT2D eigenvalue weighted by Crippen LogP contribution is -2.27. The summed E-state index contributed by atoms with van der Waals surface area (Å²) in [6, 6.07) is 7.81. The number of carbonyl (C=O) groups is 2. The number of fused-ring (bicyclic) bond motifs is 1. The number of benzene rings is 1. The molecule has 1 unspecified atom stereocenters. The minimum absolute atomic E-state index is 0.138. The predicted molar refractivity (Wildman–Crippen MR) is 126 cm³/mol. The van der Waals surface area contributed by atoms with Gasteiger partial charge in [0.15, 0.2) is 0 Å². The average Bonchev–Trinajstić information content (AvgIpc) is 3.31. The lowest BCUT2D eigenvalue weighted by Gasteiger charge is -2.15. The molecule has 0 fully saturated rings. The summed E-state index contributed by atoms with van der Waals surface area (Å²) in [5.74, 6) is -1.30. The zero-order valence-corrected chi connectivity index (χ0v) is 19.1. The van der Waals surface area contributed by atoms with E-state index in [2.05, 4.69) is 5.32 Å². The van der Waals surface area contributed by atoms with E-state index < -0.39 is 17.7 Å². The van der Waals surface area contributed by atoms with Crippen LogP contribution in [-0.2, 0) is 0 Å². The molecule has 2 N–H and O–H groups in total. The van der Waals surface area contributed by atoms with E-state index in [1.165, 1.54) is 29.5 Å². The number of nitrogens with zero attached hydrogens (tertiary/aromatic N) is 1. The van der Waals surface area contributed by atoms with Crippen molar-refractivity contribution in [3.05, 3.63) is 87.5 Å². The van der Waals surface area contributed by atoms with Crippen LogP contribution in [0.2, 0.25) is 0 Å². The molecule has 1 aromatic carbocycles. The molecule has 34 heavy (non-hydrogen) atoms. The third kappa shape index (κ3) is 4.70. The van der Waals surface area contributed by atoms with E-state index in [-0.39, 0.29) is 23.9 Å². The standard InChI is InChI=1S/C25H21F3N2O3S/c1-14(17-5-7-18(8-6-17)24(32)33)29-23(31)21-15(2)34-20-11-12-30(22(20)21)13-16-3-9-19(10-4-16)25(26,27)28/h3,5-14H,4H2,1-2H3,(H,29,31)(H,32,33). The third-order valence-electron chi connectivity index (χ3n) is 5.63. The van der Waals surface area contributed by atoms with Gasteiger partial charge < -0.3 is 15.0 Å². The Kier molecular flexibility index (Phi) is 6.22. The number of aryl methyl sites for hydroxylation is 1. The van der Waals surface area contributed by atoms with Crippen LogP contribution in [0.3, 0.4) is 0 Å². The fourth-order valence-electron chi connectivity index (χ4n) is 3.83. The van der Waals surface area contributed by atoms with E-state index in [1.54, 1.807) is 29.1 Å². The SMILES string of the molecule is Cc1sc2ccn(C=C3C=CC(C(F)(F)F)=CC3)c2c1C(=O)NC(C)c1ccc(C(=O)O)cc1. The molecule has 1 atom stereocenters. The topological polar surface area (TPSA) is 71.3 Å². The number of thiophene rings is 1. The van der Waals surface area contributed by atoms with Crippen LogP contribution in [0.4, 0.5) is 13.2 Å². The molecule has 1 amide bonds. The molecule has 0 saturated carbocycles. The number of aromatic nitrogens is 1. The van der Waals surface area contributed by atoms with Gasteiger partial charge in [0.2, 0.25) is 0 Å². The van der Waals surface area contributed by atoms with Gasteiger partial charge in [0, 0.05) is 17.3 Å². The minimum Gasteiger partial charge on any atom is -0.478 e. The molecule has 2 heterocycles. The molecule has 0 bridgehead atoms. The highest BCUT2D eigenvalue weighted by atomic mass is 32.1. The Hall–Kier alpha value is -3.59. The van der Waals surface area contributed by atoms with Gasteiger partial charge >= 0.3 is 12.1 Å². The van der Waals surface area contributed by atoms with Crippen molar-refractivity contribution < 1.29 is 27.9 Å². The van der Waals surface area contributed by atoms with Crippen LogP contribution in [-0.4, -0.2) is 27.7 Å². The molecule has 5 nitrogen and oxygen atoms in total. The van der Waals surface area contributed by atoms with Crippen LogP contribution in [0.25, 0.3) is 16.4 Å². The number of hydrogen-bond acceptors (Lipinski definition) is 3. The summed E-state index contributed by atoms with van der Waals surface area (Å²) in [6.07, 6.45) is 2.93. The average molecular weight is 487 g/mol. The molecule has 3 aromatic rings. The summed E-state index contributed by atoms with van der Waals surface area (Å²) >= 11 is 1.47. The lowest BCUT2D eigenvalue weighted by atomic mass is 10.0. The largest absolute Gasteiger partial charge is 0.478 e. The van der Waals surface area contributed by atoms with Crippen molar-refractivity contribution in [2.45, 2.75) is 32.5 Å². The Bertz CT molecular complexity index is 1360. The van der Waals surface area contributed by atoms with E-state index in [0.717, 1.165) is 27.3 Å². The van der Waals surface area contributed by atoms with Crippen molar-refractivity contribution in [1.29, 1.82) is 0 Å². The van der Waals surface area contributed by atoms with Gasteiger partial charge in [0.1, 0.15) is 0 Å². The van der Waals surface area contributed by atoms with Gasteiger partial charge in [-0.25, -0.2) is 4.79 Å². The van der Waals surface area contributed by atoms with Crippen LogP contribution >= 0.6 is 11.3 Å². The Morgan fingerprint density at radius 2 is 1.88 bits per heavy atom. The zero-order chi connectivity index (χ0) is 24.6. The molecule has 0 radical (unpaired) electrons. The van der Waals surface area contributed by atoms with E-state index >= 15 is 0 Å². The summed E-state index contributed by atoms with van der Waals surface area (Å²) in [5.41, 5.74) is 2.14. The molecule has 0 spiro atoms. The number of hydrogen-bond donors (Lipinski definition) is 2. The molecule has 9 heteroatoms. The van der Waals surface area contributed by atoms with Crippen molar-refractivity contribution in [3.8, 4) is 0 Å². The minimum atomic E-state index is -4.37. The van der Waals surface area contributed by atoms with Crippen molar-refractivity contribution in [3.63, 3.8) is 0 Å². The number of carbonyl (C=O) groups excluding carboxylic acids is 1. The fraction of sp³-hybridized carbons (Fsp3) is 0.200. The number of aromatic carboxylic acids is 1. The van der Waals surface area contributed by atoms with Crippen LogP contribution in [0.1, 0.15) is 50.5 Å². The van der Waals surface area contributed by atoms with Gasteiger partial charge in [0.25, 0.3) is 5.91 Å². The summed E-state index contributed by atoms with van der Waals surface area (Å²) in [6.45, 7) is 3.66. The molecule has 0 aliphatic heterocycles. The van der Waals surface area contributed by atoms with E-state index in [4.69, 9.17) is 5.11 Å². The van der Waals surface area contributed by atoms with Gasteiger partial charge in [-0.05, 0) is 55.7 Å². The Balaban J connectivity index is 1.59. The van der Waals surface area contributed by atoms with Gasteiger partial charge in [-0.3, -0.25) is 4.79 Å². The summed E-state index contributed by atoms with van der Waals surface area (Å²) < 4.78 is 41.3. The maximum absolute atomic E-state index is 13.2. The van der Waals surface area contributed by atoms with Crippen LogP contribution in [0.5, 0.6) is 0 Å². The fourth-order valence-corrected chi connectivity index (χ4v) is 4.89. The molecule has 0 saturated heterocycles. The first-order chi connectivity index (χ1) is 16.0. The molecule has 1 aliphatic rings. The highest BCUT2D eigenvalue weighted by Gasteiger charge is 2.32. The quantitative estimate of drug-likeness (QED) is 0.433. The van der Waals surface area contributed by atoms with Crippen molar-refractivity contribution in [2.75, 3.05) is 0 Å². The summed E-state index contributed by atoms with van der Waals surface area (Å²) in [5, 5.41) is 12.0. The molecular weight excluding hydrogens is 465 g/mol. The summed E-state index contributed by atoms with van der Waals surface area (Å²) in [4.78, 5) is 25.1. The predicted octanol–water partition coefficient (Wildman–Crippen LogP) is 6.49. The Morgan fingerprint density at radius 1 is 1.18 bits per heavy atom. The first-order valence-electron chi connectivity index (χ1n) is 10.4. The molecule has 4 rings (SSSR count). The van der Waals surface area contributed by atoms with Crippen molar-refractivity contribution >= 4 is 39.6 Å². The van der Waals surface area contributed by atoms with Crippen molar-refractivity contribution in [1.82, 2.24) is 9.88 Å². The highest BCUT2D eigenvalue weighted by Crippen LogP contribution is 2.34. The Labute approximate surface area is 197 Å². The van der Waals surface area contributed by atoms with Gasteiger partial charge in [-0.1, -0.05) is 24.3 Å². The second-order valence-corrected chi connectivity index (χ2v) is 9.25. The second-order valence-electron chi connectivity index (χ2n) is 7.99. The second kappa shape index (κ2) is 8.98. The third-order valence-corrected chi connectivity index (χ3v) is 6.69. The first-order valence-corrected chi connectivity index (χ1v) is 11.3. The normalized spacial score (nSPS) is 16.0. The Morgan fingerprint density at radius 3 is 2.47 bits per heavy atom. The highest BCUT2D eigenvalue weighted by molar-refractivity contribution is 7.19. The maximum Gasteiger partial charge on any atom is 0.416 e. The number of carboxylic acids is 1. The van der Waals surface area contributed by atoms with Crippen LogP contribution in [0, 0.1) is 6.92 Å². The van der Waals surface area contributed by atoms with E-state index in [9.17, 15) is 22.8 Å². The smallest absolute Gasteiger partial charge is 0.416 e. The van der Waals surface area contributed by atoms with Crippen molar-refractivity contribution in [2.24, 2.45) is 0 Å². The van der Waals surface area contributed by atoms with E-state index in [1.807, 2.05) is 19.9 Å². The maximum atomic E-state index is 13.2. The number of halogens is 3. The molecular formula is C25H21F3N2O3S. The lowest BCUT2D eigenvalue weighted by molar-refractivity contribution is -0.0885. The first kappa shape index (κ1) is 23.6. The number of amides is 1. The number of carboxylic acid groups (broad SMARTS) is 1. The van der Waals surface area contributed by atoms with E-state index in [0.29, 0.717) is 16.7 Å². The number of nitrogens with one attached hydrogen (secondary N) is 1. The molecule has 2 aromatic heterocycles. The van der Waals surface area contributed by atoms with Gasteiger partial charge in [0.05, 0.1) is 33.0 Å². The number of allylic oxidation sites excluding steroid dienone is 5. The van der Waals surface area contributed by atoms with Gasteiger partial charge in [-0.2, -0.15) is 13.2 Å². The van der Waals surface area contributed by atoms with Crippen LogP contribution in [0.15, 0.2) is 65.9 Å².